The number of pyridine rings is 1. The number of benzene rings is 1. The normalized spacial score (nSPS) is 12.0. The number of nitrogens with zero attached hydrogens (tertiary/aromatic N) is 1. The van der Waals surface area contributed by atoms with E-state index in [0.29, 0.717) is 0 Å². The second-order valence-corrected chi connectivity index (χ2v) is 5.30. The van der Waals surface area contributed by atoms with Crippen LogP contribution in [0.5, 0.6) is 0 Å². The molecule has 1 aromatic heterocycles. The highest BCUT2D eigenvalue weighted by atomic mass is 16.3. The maximum Gasteiger partial charge on any atom is 0.256 e. The molecular weight excluding hydrogens is 280 g/mol. The summed E-state index contributed by atoms with van der Waals surface area (Å²) in [5.74, 6) is -0.616. The van der Waals surface area contributed by atoms with Crippen molar-refractivity contribution in [2.45, 2.75) is 12.8 Å². The van der Waals surface area contributed by atoms with E-state index >= 15 is 0 Å². The van der Waals surface area contributed by atoms with Crippen molar-refractivity contribution in [3.05, 3.63) is 69.6 Å². The highest BCUT2D eigenvalue weighted by Crippen LogP contribution is 2.13. The summed E-state index contributed by atoms with van der Waals surface area (Å²) in [6, 6.07) is 10.9. The molecule has 0 saturated heterocycles. The SMILES string of the molecule is Cc1cc(=O)c(C(=O)NCC(CO)c2ccccc2)cn1C. The van der Waals surface area contributed by atoms with Gasteiger partial charge in [-0.15, -0.1) is 0 Å². The fourth-order valence-electron chi connectivity index (χ4n) is 2.22. The first-order valence-corrected chi connectivity index (χ1v) is 7.14. The van der Waals surface area contributed by atoms with Gasteiger partial charge in [0.15, 0.2) is 5.43 Å². The van der Waals surface area contributed by atoms with E-state index in [4.69, 9.17) is 0 Å². The predicted molar refractivity (Wildman–Crippen MR) is 85.0 cm³/mol. The number of carbonyl (C=O) groups excluding carboxylic acids is 1. The lowest BCUT2D eigenvalue weighted by Crippen LogP contribution is -2.33. The Hall–Kier alpha value is -2.40. The Morgan fingerprint density at radius 1 is 1.32 bits per heavy atom. The molecule has 0 aliphatic carbocycles. The largest absolute Gasteiger partial charge is 0.396 e. The van der Waals surface area contributed by atoms with Gasteiger partial charge in [0, 0.05) is 37.5 Å². The first-order chi connectivity index (χ1) is 10.5. The Morgan fingerprint density at radius 3 is 2.64 bits per heavy atom. The minimum Gasteiger partial charge on any atom is -0.396 e. The molecule has 5 heteroatoms. The molecule has 2 aromatic rings. The number of hydrogen-bond donors (Lipinski definition) is 2. The van der Waals surface area contributed by atoms with Gasteiger partial charge in [0.25, 0.3) is 5.91 Å². The van der Waals surface area contributed by atoms with Crippen LogP contribution in [0.25, 0.3) is 0 Å². The predicted octanol–water partition coefficient (Wildman–Crippen LogP) is 1.20. The Kier molecular flexibility index (Phi) is 5.12. The first-order valence-electron chi connectivity index (χ1n) is 7.14. The van der Waals surface area contributed by atoms with Crippen LogP contribution >= 0.6 is 0 Å². The van der Waals surface area contributed by atoms with Gasteiger partial charge in [-0.25, -0.2) is 0 Å². The summed E-state index contributed by atoms with van der Waals surface area (Å²) in [5.41, 5.74) is 1.55. The number of aliphatic hydroxyl groups excluding tert-OH is 1. The molecule has 2 N–H and O–H groups in total. The molecule has 1 atom stereocenters. The van der Waals surface area contributed by atoms with Gasteiger partial charge in [0.2, 0.25) is 0 Å². The van der Waals surface area contributed by atoms with Crippen LogP contribution in [0, 0.1) is 6.92 Å². The van der Waals surface area contributed by atoms with Crippen LogP contribution in [0.15, 0.2) is 47.4 Å². The van der Waals surface area contributed by atoms with Gasteiger partial charge in [-0.2, -0.15) is 0 Å². The zero-order chi connectivity index (χ0) is 16.1. The summed E-state index contributed by atoms with van der Waals surface area (Å²) in [5, 5.41) is 12.2. The number of nitrogens with one attached hydrogen (secondary N) is 1. The summed E-state index contributed by atoms with van der Waals surface area (Å²) >= 11 is 0. The van der Waals surface area contributed by atoms with Crippen molar-refractivity contribution in [3.8, 4) is 0 Å². The average Bonchev–Trinajstić information content (AvgIpc) is 2.52. The zero-order valence-corrected chi connectivity index (χ0v) is 12.7. The monoisotopic (exact) mass is 300 g/mol. The lowest BCUT2D eigenvalue weighted by Gasteiger charge is -2.15. The van der Waals surface area contributed by atoms with Crippen LogP contribution in [0.3, 0.4) is 0 Å². The molecule has 0 bridgehead atoms. The minimum atomic E-state index is -0.421. The molecule has 1 unspecified atom stereocenters. The van der Waals surface area contributed by atoms with Crippen LogP contribution < -0.4 is 10.7 Å². The van der Waals surface area contributed by atoms with Gasteiger partial charge >= 0.3 is 0 Å². The summed E-state index contributed by atoms with van der Waals surface area (Å²) in [4.78, 5) is 24.1. The van der Waals surface area contributed by atoms with E-state index in [1.54, 1.807) is 18.5 Å². The number of amides is 1. The van der Waals surface area contributed by atoms with E-state index in [9.17, 15) is 14.7 Å². The second kappa shape index (κ2) is 7.04. The first kappa shape index (κ1) is 16.0. The molecule has 1 aromatic carbocycles. The Balaban J connectivity index is 2.09. The van der Waals surface area contributed by atoms with E-state index in [0.717, 1.165) is 11.3 Å². The van der Waals surface area contributed by atoms with E-state index in [1.807, 2.05) is 30.3 Å². The van der Waals surface area contributed by atoms with Crippen molar-refractivity contribution in [2.24, 2.45) is 7.05 Å². The highest BCUT2D eigenvalue weighted by Gasteiger charge is 2.15. The van der Waals surface area contributed by atoms with E-state index in [2.05, 4.69) is 5.32 Å². The van der Waals surface area contributed by atoms with Crippen LogP contribution in [0.4, 0.5) is 0 Å². The quantitative estimate of drug-likeness (QED) is 0.871. The maximum absolute atomic E-state index is 12.2. The van der Waals surface area contributed by atoms with Crippen molar-refractivity contribution in [2.75, 3.05) is 13.2 Å². The van der Waals surface area contributed by atoms with Gasteiger partial charge in [-0.1, -0.05) is 30.3 Å². The lowest BCUT2D eigenvalue weighted by atomic mass is 10.00. The molecule has 0 fully saturated rings. The van der Waals surface area contributed by atoms with Crippen molar-refractivity contribution in [1.82, 2.24) is 9.88 Å². The summed E-state index contributed by atoms with van der Waals surface area (Å²) in [6.45, 7) is 2.01. The molecule has 0 saturated carbocycles. The van der Waals surface area contributed by atoms with Crippen molar-refractivity contribution < 1.29 is 9.90 Å². The van der Waals surface area contributed by atoms with Crippen molar-refractivity contribution in [1.29, 1.82) is 0 Å². The third-order valence-electron chi connectivity index (χ3n) is 3.73. The molecule has 0 spiro atoms. The molecule has 1 heterocycles. The van der Waals surface area contributed by atoms with E-state index < -0.39 is 5.91 Å². The fourth-order valence-corrected chi connectivity index (χ4v) is 2.22. The van der Waals surface area contributed by atoms with E-state index in [1.165, 1.54) is 12.3 Å². The van der Waals surface area contributed by atoms with E-state index in [-0.39, 0.29) is 30.1 Å². The summed E-state index contributed by atoms with van der Waals surface area (Å²) in [7, 11) is 1.78. The third-order valence-corrected chi connectivity index (χ3v) is 3.73. The fraction of sp³-hybridized carbons (Fsp3) is 0.294. The molecule has 116 valence electrons. The number of hydrogen-bond acceptors (Lipinski definition) is 3. The maximum atomic E-state index is 12.2. The minimum absolute atomic E-state index is 0.0732. The smallest absolute Gasteiger partial charge is 0.256 e. The third kappa shape index (κ3) is 3.62. The van der Waals surface area contributed by atoms with Crippen LogP contribution in [-0.2, 0) is 7.05 Å². The van der Waals surface area contributed by atoms with Crippen molar-refractivity contribution in [3.63, 3.8) is 0 Å². The van der Waals surface area contributed by atoms with Gasteiger partial charge in [-0.3, -0.25) is 9.59 Å². The van der Waals surface area contributed by atoms with Gasteiger partial charge in [0.1, 0.15) is 5.56 Å². The molecule has 22 heavy (non-hydrogen) atoms. The molecule has 0 radical (unpaired) electrons. The standard InChI is InChI=1S/C17H20N2O3/c1-12-8-16(21)15(10-19(12)2)17(22)18-9-14(11-20)13-6-4-3-5-7-13/h3-8,10,14,20H,9,11H2,1-2H3,(H,18,22). The second-order valence-electron chi connectivity index (χ2n) is 5.30. The van der Waals surface area contributed by atoms with Crippen LogP contribution in [-0.4, -0.2) is 28.7 Å². The molecule has 2 rings (SSSR count). The molecular formula is C17H20N2O3. The number of aromatic nitrogens is 1. The number of rotatable bonds is 5. The van der Waals surface area contributed by atoms with Crippen LogP contribution in [0.1, 0.15) is 27.5 Å². The molecule has 5 nitrogen and oxygen atoms in total. The van der Waals surface area contributed by atoms with Gasteiger partial charge in [-0.05, 0) is 12.5 Å². The Labute approximate surface area is 129 Å². The topological polar surface area (TPSA) is 71.3 Å². The molecule has 0 aliphatic rings. The highest BCUT2D eigenvalue weighted by molar-refractivity contribution is 5.93. The molecule has 0 aliphatic heterocycles. The van der Waals surface area contributed by atoms with Crippen molar-refractivity contribution >= 4 is 5.91 Å². The summed E-state index contributed by atoms with van der Waals surface area (Å²) in [6.07, 6.45) is 1.53. The summed E-state index contributed by atoms with van der Waals surface area (Å²) < 4.78 is 1.73. The van der Waals surface area contributed by atoms with Crippen LogP contribution in [0.2, 0.25) is 0 Å². The zero-order valence-electron chi connectivity index (χ0n) is 12.7. The number of aliphatic hydroxyl groups is 1. The Morgan fingerprint density at radius 2 is 2.00 bits per heavy atom. The lowest BCUT2D eigenvalue weighted by molar-refractivity contribution is 0.0946. The molecule has 1 amide bonds. The van der Waals surface area contributed by atoms with Gasteiger partial charge in [0.05, 0.1) is 6.61 Å². The number of aryl methyl sites for hydroxylation is 2. The number of carbonyl (C=O) groups is 1. The van der Waals surface area contributed by atoms with Gasteiger partial charge < -0.3 is 15.0 Å². The average molecular weight is 300 g/mol. The Bertz CT molecular complexity index is 708.